The normalized spacial score (nSPS) is 25.5. The number of benzene rings is 1. The molecule has 0 unspecified atom stereocenters. The Morgan fingerprint density at radius 3 is 2.60 bits per heavy atom. The van der Waals surface area contributed by atoms with Crippen LogP contribution in [0, 0.1) is 6.92 Å². The van der Waals surface area contributed by atoms with E-state index in [0.29, 0.717) is 45.9 Å². The van der Waals surface area contributed by atoms with E-state index in [0.717, 1.165) is 32.1 Å². The van der Waals surface area contributed by atoms with Crippen LogP contribution in [0.2, 0.25) is 0 Å². The van der Waals surface area contributed by atoms with Crippen LogP contribution >= 0.6 is 0 Å². The topological polar surface area (TPSA) is 109 Å². The van der Waals surface area contributed by atoms with Gasteiger partial charge in [0.15, 0.2) is 0 Å². The second kappa shape index (κ2) is 8.67. The summed E-state index contributed by atoms with van der Waals surface area (Å²) < 4.78 is 20.6. The zero-order chi connectivity index (χ0) is 24.1. The predicted molar refractivity (Wildman–Crippen MR) is 128 cm³/mol. The minimum absolute atomic E-state index is 0.0329. The van der Waals surface area contributed by atoms with E-state index in [-0.39, 0.29) is 23.9 Å². The highest BCUT2D eigenvalue weighted by atomic mass is 19.1. The van der Waals surface area contributed by atoms with E-state index in [9.17, 15) is 5.11 Å². The van der Waals surface area contributed by atoms with Crippen molar-refractivity contribution in [1.29, 1.82) is 0 Å². The molecule has 3 fully saturated rings. The molecule has 4 heterocycles. The molecule has 2 aliphatic heterocycles. The van der Waals surface area contributed by atoms with E-state index in [1.165, 1.54) is 0 Å². The van der Waals surface area contributed by atoms with Crippen LogP contribution in [0.1, 0.15) is 37.8 Å². The maximum absolute atomic E-state index is 15.3. The summed E-state index contributed by atoms with van der Waals surface area (Å²) in [4.78, 5) is 6.62. The lowest BCUT2D eigenvalue weighted by atomic mass is 9.96. The van der Waals surface area contributed by atoms with Gasteiger partial charge in [0.05, 0.1) is 25.0 Å². The molecule has 3 aromatic rings. The number of alkyl halides is 1. The number of phenols is 1. The Hall–Kier alpha value is -3.40. The molecule has 182 valence electrons. The quantitative estimate of drug-likeness (QED) is 0.553. The van der Waals surface area contributed by atoms with Crippen molar-refractivity contribution in [3.05, 3.63) is 36.2 Å². The Bertz CT molecular complexity index is 1240. The van der Waals surface area contributed by atoms with Crippen molar-refractivity contribution in [2.45, 2.75) is 69.4 Å². The average molecular weight is 478 g/mol. The lowest BCUT2D eigenvalue weighted by Crippen LogP contribution is -2.57. The number of piperidine rings is 1. The fourth-order valence-corrected chi connectivity index (χ4v) is 5.38. The van der Waals surface area contributed by atoms with E-state index in [1.807, 2.05) is 13.0 Å². The molecule has 2 aromatic heterocycles. The molecule has 2 bridgehead atoms. The summed E-state index contributed by atoms with van der Waals surface area (Å²) in [6.45, 7) is 1.82. The van der Waals surface area contributed by atoms with Crippen LogP contribution < -0.4 is 15.0 Å². The van der Waals surface area contributed by atoms with Gasteiger partial charge in [-0.25, -0.2) is 9.37 Å². The van der Waals surface area contributed by atoms with Crippen LogP contribution in [-0.4, -0.2) is 67.9 Å². The molecule has 2 N–H and O–H groups in total. The van der Waals surface area contributed by atoms with E-state index >= 15 is 4.39 Å². The first-order valence-corrected chi connectivity index (χ1v) is 12.1. The number of nitrogens with one attached hydrogen (secondary N) is 1. The molecule has 1 aromatic carbocycles. The van der Waals surface area contributed by atoms with Crippen molar-refractivity contribution in [3.63, 3.8) is 0 Å². The summed E-state index contributed by atoms with van der Waals surface area (Å²) in [7, 11) is 1.58. The molecule has 2 saturated heterocycles. The standard InChI is InChI=1S/C25H28FN7O2/c1-13-23(35-2)11-19(30-29-13)14-3-7-17(22(34)9-14)20-12-27-25(32-31-20)33(16-5-6-16)21-10-15-4-8-18(28-15)24(21)26/h3,7,9,11-12,15-16,18,21,24,28,34H,4-6,8,10H2,1-2H3/t15-,18-,21+,24-/m0/s1. The fourth-order valence-electron chi connectivity index (χ4n) is 5.38. The molecular formula is C25H28FN7O2. The van der Waals surface area contributed by atoms with Crippen molar-refractivity contribution in [1.82, 2.24) is 30.7 Å². The van der Waals surface area contributed by atoms with Crippen LogP contribution in [0.3, 0.4) is 0 Å². The monoisotopic (exact) mass is 477 g/mol. The molecule has 1 aliphatic carbocycles. The second-order valence-electron chi connectivity index (χ2n) is 9.69. The number of phenolic OH excluding ortho intramolecular Hbond substituents is 1. The molecule has 3 aliphatic rings. The average Bonchev–Trinajstić information content (AvgIpc) is 3.62. The predicted octanol–water partition coefficient (Wildman–Crippen LogP) is 3.22. The molecule has 0 amide bonds. The molecule has 1 saturated carbocycles. The van der Waals surface area contributed by atoms with Crippen LogP contribution in [0.4, 0.5) is 10.3 Å². The van der Waals surface area contributed by atoms with Gasteiger partial charge in [-0.3, -0.25) is 0 Å². The van der Waals surface area contributed by atoms with Crippen LogP contribution in [0.5, 0.6) is 11.5 Å². The smallest absolute Gasteiger partial charge is 0.245 e. The highest BCUT2D eigenvalue weighted by Crippen LogP contribution is 2.40. The number of rotatable bonds is 6. The molecule has 6 rings (SSSR count). The van der Waals surface area contributed by atoms with Gasteiger partial charge in [-0.2, -0.15) is 5.10 Å². The van der Waals surface area contributed by atoms with E-state index < -0.39 is 6.17 Å². The molecule has 0 spiro atoms. The van der Waals surface area contributed by atoms with Gasteiger partial charge >= 0.3 is 0 Å². The van der Waals surface area contributed by atoms with Gasteiger partial charge in [0, 0.05) is 35.3 Å². The van der Waals surface area contributed by atoms with Gasteiger partial charge in [0.25, 0.3) is 0 Å². The lowest BCUT2D eigenvalue weighted by Gasteiger charge is -2.40. The van der Waals surface area contributed by atoms with Crippen LogP contribution in [0.15, 0.2) is 30.5 Å². The van der Waals surface area contributed by atoms with Gasteiger partial charge in [0.2, 0.25) is 5.95 Å². The first-order chi connectivity index (χ1) is 17.0. The van der Waals surface area contributed by atoms with Crippen molar-refractivity contribution in [3.8, 4) is 34.0 Å². The maximum atomic E-state index is 15.3. The molecule has 35 heavy (non-hydrogen) atoms. The number of nitrogens with zero attached hydrogens (tertiary/aromatic N) is 6. The third kappa shape index (κ3) is 4.05. The summed E-state index contributed by atoms with van der Waals surface area (Å²) in [6.07, 6.45) is 5.36. The molecular weight excluding hydrogens is 449 g/mol. The summed E-state index contributed by atoms with van der Waals surface area (Å²) in [5, 5.41) is 31.2. The maximum Gasteiger partial charge on any atom is 0.245 e. The number of hydrogen-bond donors (Lipinski definition) is 2. The zero-order valence-corrected chi connectivity index (χ0v) is 19.7. The summed E-state index contributed by atoms with van der Waals surface area (Å²) in [5.74, 6) is 1.12. The van der Waals surface area contributed by atoms with E-state index in [2.05, 4.69) is 35.6 Å². The fraction of sp³-hybridized carbons (Fsp3) is 0.480. The number of fused-ring (bicyclic) bond motifs is 2. The number of methoxy groups -OCH3 is 1. The third-order valence-corrected chi connectivity index (χ3v) is 7.35. The highest BCUT2D eigenvalue weighted by molar-refractivity contribution is 5.73. The van der Waals surface area contributed by atoms with Gasteiger partial charge in [-0.15, -0.1) is 15.3 Å². The third-order valence-electron chi connectivity index (χ3n) is 7.35. The number of hydrogen-bond acceptors (Lipinski definition) is 9. The zero-order valence-electron chi connectivity index (χ0n) is 19.7. The SMILES string of the molecule is COc1cc(-c2ccc(-c3cnc(N(C4CC4)[C@@H]4C[C@@H]5CC[C@H](N5)[C@@H]4F)nn3)c(O)c2)nnc1C. The number of ether oxygens (including phenoxy) is 1. The van der Waals surface area contributed by atoms with Crippen LogP contribution in [-0.2, 0) is 0 Å². The Morgan fingerprint density at radius 2 is 1.89 bits per heavy atom. The van der Waals surface area contributed by atoms with Crippen molar-refractivity contribution < 1.29 is 14.2 Å². The van der Waals surface area contributed by atoms with Crippen molar-refractivity contribution in [2.75, 3.05) is 12.0 Å². The van der Waals surface area contributed by atoms with Gasteiger partial charge in [-0.1, -0.05) is 6.07 Å². The number of aromatic hydroxyl groups is 1. The first kappa shape index (κ1) is 22.1. The molecule has 0 radical (unpaired) electrons. The number of halogens is 1. The number of aryl methyl sites for hydroxylation is 1. The molecule has 4 atom stereocenters. The van der Waals surface area contributed by atoms with Crippen molar-refractivity contribution >= 4 is 5.95 Å². The Balaban J connectivity index is 1.26. The van der Waals surface area contributed by atoms with E-state index in [1.54, 1.807) is 31.5 Å². The minimum atomic E-state index is -0.947. The highest BCUT2D eigenvalue weighted by Gasteiger charge is 2.48. The Morgan fingerprint density at radius 1 is 1.06 bits per heavy atom. The van der Waals surface area contributed by atoms with Gasteiger partial charge in [-0.05, 0) is 51.2 Å². The number of anilines is 1. The summed E-state index contributed by atoms with van der Waals surface area (Å²) in [5.41, 5.74) is 2.93. The van der Waals surface area contributed by atoms with Gasteiger partial charge < -0.3 is 20.1 Å². The minimum Gasteiger partial charge on any atom is -0.507 e. The Kier molecular flexibility index (Phi) is 5.47. The second-order valence-corrected chi connectivity index (χ2v) is 9.69. The lowest BCUT2D eigenvalue weighted by molar-refractivity contribution is 0.171. The van der Waals surface area contributed by atoms with Crippen LogP contribution in [0.25, 0.3) is 22.5 Å². The van der Waals surface area contributed by atoms with E-state index in [4.69, 9.17) is 4.74 Å². The first-order valence-electron chi connectivity index (χ1n) is 12.1. The molecule has 9 nitrogen and oxygen atoms in total. The summed E-state index contributed by atoms with van der Waals surface area (Å²) in [6, 6.07) is 7.30. The van der Waals surface area contributed by atoms with Crippen molar-refractivity contribution in [2.24, 2.45) is 0 Å². The van der Waals surface area contributed by atoms with Gasteiger partial charge in [0.1, 0.15) is 29.1 Å². The largest absolute Gasteiger partial charge is 0.507 e. The number of aromatic nitrogens is 5. The molecule has 10 heteroatoms. The Labute approximate surface area is 202 Å². The summed E-state index contributed by atoms with van der Waals surface area (Å²) >= 11 is 0.